The van der Waals surface area contributed by atoms with Gasteiger partial charge in [0, 0.05) is 23.7 Å². The third-order valence-corrected chi connectivity index (χ3v) is 5.07. The molecule has 1 aromatic heterocycles. The molecule has 8 heteroatoms. The first-order valence-electron chi connectivity index (χ1n) is 8.41. The summed E-state index contributed by atoms with van der Waals surface area (Å²) in [6.45, 7) is 6.87. The lowest BCUT2D eigenvalue weighted by Gasteiger charge is -2.24. The zero-order valence-electron chi connectivity index (χ0n) is 14.7. The summed E-state index contributed by atoms with van der Waals surface area (Å²) in [6, 6.07) is 7.24. The minimum absolute atomic E-state index is 0.294. The summed E-state index contributed by atoms with van der Waals surface area (Å²) in [7, 11) is 0. The van der Waals surface area contributed by atoms with Crippen LogP contribution in [0.25, 0.3) is 11.3 Å². The molecule has 1 saturated heterocycles. The van der Waals surface area contributed by atoms with E-state index in [-0.39, 0.29) is 0 Å². The summed E-state index contributed by atoms with van der Waals surface area (Å²) >= 11 is 7.47. The molecule has 1 aliphatic rings. The molecule has 138 valence electrons. The van der Waals surface area contributed by atoms with Gasteiger partial charge in [-0.1, -0.05) is 23.7 Å². The highest BCUT2D eigenvalue weighted by atomic mass is 35.5. The number of ether oxygens (including phenoxy) is 2. The maximum absolute atomic E-state index is 12.5. The predicted molar refractivity (Wildman–Crippen MR) is 101 cm³/mol. The monoisotopic (exact) mass is 393 g/mol. The van der Waals surface area contributed by atoms with Gasteiger partial charge in [0.25, 0.3) is 0 Å². The van der Waals surface area contributed by atoms with Crippen LogP contribution in [0.5, 0.6) is 0 Å². The normalized spacial score (nSPS) is 15.0. The highest BCUT2D eigenvalue weighted by Gasteiger charge is 2.22. The van der Waals surface area contributed by atoms with E-state index in [1.807, 2.05) is 12.1 Å². The number of nitrogens with zero attached hydrogens (tertiary/aromatic N) is 3. The number of halogens is 1. The van der Waals surface area contributed by atoms with Crippen molar-refractivity contribution in [3.05, 3.63) is 40.5 Å². The number of hydrogen-bond donors (Lipinski definition) is 0. The molecule has 2 aromatic rings. The largest absolute Gasteiger partial charge is 0.462 e. The Kier molecular flexibility index (Phi) is 6.48. The Balaban J connectivity index is 2.01. The molecule has 6 nitrogen and oxygen atoms in total. The summed E-state index contributed by atoms with van der Waals surface area (Å²) in [5.41, 5.74) is 2.34. The van der Waals surface area contributed by atoms with Crippen molar-refractivity contribution >= 4 is 29.5 Å². The Bertz CT molecular complexity index is 780. The average Bonchev–Trinajstić information content (AvgIpc) is 2.63. The minimum atomic E-state index is -0.419. The second kappa shape index (κ2) is 8.81. The molecule has 0 N–H and O–H groups in total. The van der Waals surface area contributed by atoms with E-state index >= 15 is 0 Å². The van der Waals surface area contributed by atoms with Gasteiger partial charge in [0.1, 0.15) is 5.56 Å². The van der Waals surface area contributed by atoms with E-state index in [2.05, 4.69) is 14.3 Å². The highest BCUT2D eigenvalue weighted by Crippen LogP contribution is 2.29. The van der Waals surface area contributed by atoms with Gasteiger partial charge in [0.2, 0.25) is 5.16 Å². The van der Waals surface area contributed by atoms with Crippen LogP contribution < -0.4 is 0 Å². The van der Waals surface area contributed by atoms with Crippen molar-refractivity contribution in [3.63, 3.8) is 0 Å². The number of hydrogen-bond acceptors (Lipinski definition) is 7. The molecule has 2 heterocycles. The molecule has 0 bridgehead atoms. The molecule has 1 fully saturated rings. The maximum atomic E-state index is 12.5. The highest BCUT2D eigenvalue weighted by molar-refractivity contribution is 7.96. The first-order valence-corrected chi connectivity index (χ1v) is 9.56. The predicted octanol–water partition coefficient (Wildman–Crippen LogP) is 3.62. The van der Waals surface area contributed by atoms with Crippen LogP contribution in [0, 0.1) is 6.92 Å². The fraction of sp³-hybridized carbons (Fsp3) is 0.389. The number of aryl methyl sites for hydroxylation is 1. The van der Waals surface area contributed by atoms with Gasteiger partial charge in [0.15, 0.2) is 0 Å². The molecule has 0 spiro atoms. The fourth-order valence-electron chi connectivity index (χ4n) is 2.61. The van der Waals surface area contributed by atoms with Gasteiger partial charge in [-0.25, -0.2) is 19.1 Å². The number of aromatic nitrogens is 2. The summed E-state index contributed by atoms with van der Waals surface area (Å²) in [6.07, 6.45) is 0. The van der Waals surface area contributed by atoms with Gasteiger partial charge < -0.3 is 9.47 Å². The lowest BCUT2D eigenvalue weighted by atomic mass is 10.0. The van der Waals surface area contributed by atoms with Crippen molar-refractivity contribution < 1.29 is 14.3 Å². The molecule has 0 amide bonds. The van der Waals surface area contributed by atoms with Gasteiger partial charge in [-0.2, -0.15) is 0 Å². The number of carbonyl (C=O) groups excluding carboxylic acids is 1. The van der Waals surface area contributed by atoms with E-state index in [9.17, 15) is 4.79 Å². The topological polar surface area (TPSA) is 64.5 Å². The molecule has 0 aliphatic carbocycles. The number of carbonyl (C=O) groups is 1. The first kappa shape index (κ1) is 19.1. The van der Waals surface area contributed by atoms with Crippen LogP contribution in [0.1, 0.15) is 23.0 Å². The van der Waals surface area contributed by atoms with E-state index < -0.39 is 5.97 Å². The van der Waals surface area contributed by atoms with Crippen LogP contribution >= 0.6 is 23.5 Å². The number of esters is 1. The van der Waals surface area contributed by atoms with E-state index in [0.717, 1.165) is 18.7 Å². The quantitative estimate of drug-likeness (QED) is 0.436. The van der Waals surface area contributed by atoms with Crippen molar-refractivity contribution in [1.82, 2.24) is 14.3 Å². The average molecular weight is 394 g/mol. The summed E-state index contributed by atoms with van der Waals surface area (Å²) in [4.78, 5) is 21.6. The van der Waals surface area contributed by atoms with Gasteiger partial charge in [-0.05, 0) is 37.9 Å². The Morgan fingerprint density at radius 2 is 1.96 bits per heavy atom. The Morgan fingerprint density at radius 3 is 2.62 bits per heavy atom. The molecule has 0 radical (unpaired) electrons. The van der Waals surface area contributed by atoms with Gasteiger partial charge in [-0.3, -0.25) is 0 Å². The van der Waals surface area contributed by atoms with Crippen molar-refractivity contribution in [3.8, 4) is 11.3 Å². The second-order valence-electron chi connectivity index (χ2n) is 5.68. The first-order chi connectivity index (χ1) is 12.6. The molecular weight excluding hydrogens is 374 g/mol. The summed E-state index contributed by atoms with van der Waals surface area (Å²) < 4.78 is 12.7. The zero-order chi connectivity index (χ0) is 18.5. The molecule has 26 heavy (non-hydrogen) atoms. The third-order valence-electron chi connectivity index (χ3n) is 3.85. The fourth-order valence-corrected chi connectivity index (χ4v) is 3.60. The van der Waals surface area contributed by atoms with Crippen molar-refractivity contribution in [2.45, 2.75) is 19.0 Å². The number of morpholine rings is 1. The van der Waals surface area contributed by atoms with Crippen molar-refractivity contribution in [1.29, 1.82) is 0 Å². The lowest BCUT2D eigenvalue weighted by Crippen LogP contribution is -2.31. The molecule has 1 aliphatic heterocycles. The van der Waals surface area contributed by atoms with Gasteiger partial charge in [0.05, 0.1) is 31.2 Å². The van der Waals surface area contributed by atoms with E-state index in [1.165, 1.54) is 11.9 Å². The van der Waals surface area contributed by atoms with Crippen LogP contribution in [0.15, 0.2) is 29.4 Å². The smallest absolute Gasteiger partial charge is 0.342 e. The van der Waals surface area contributed by atoms with E-state index in [4.69, 9.17) is 21.1 Å². The van der Waals surface area contributed by atoms with Crippen LogP contribution in [0.4, 0.5) is 0 Å². The van der Waals surface area contributed by atoms with Crippen molar-refractivity contribution in [2.24, 2.45) is 0 Å². The summed E-state index contributed by atoms with van der Waals surface area (Å²) in [5, 5.41) is 1.22. The number of benzene rings is 1. The second-order valence-corrected chi connectivity index (χ2v) is 7.18. The maximum Gasteiger partial charge on any atom is 0.342 e. The Morgan fingerprint density at radius 1 is 1.27 bits per heavy atom. The summed E-state index contributed by atoms with van der Waals surface area (Å²) in [5.74, 6) is -0.419. The van der Waals surface area contributed by atoms with Crippen LogP contribution in [-0.2, 0) is 9.47 Å². The van der Waals surface area contributed by atoms with Crippen LogP contribution in [0.2, 0.25) is 5.02 Å². The molecule has 1 aromatic carbocycles. The third kappa shape index (κ3) is 4.54. The number of rotatable bonds is 5. The molecule has 0 unspecified atom stereocenters. The molecule has 0 atom stereocenters. The zero-order valence-corrected chi connectivity index (χ0v) is 16.3. The van der Waals surface area contributed by atoms with Gasteiger partial charge in [-0.15, -0.1) is 0 Å². The molecular formula is C18H20ClN3O3S. The molecule has 0 saturated carbocycles. The van der Waals surface area contributed by atoms with Crippen LogP contribution in [-0.4, -0.2) is 53.2 Å². The van der Waals surface area contributed by atoms with Gasteiger partial charge >= 0.3 is 5.97 Å². The Labute approximate surface area is 162 Å². The van der Waals surface area contributed by atoms with Crippen molar-refractivity contribution in [2.75, 3.05) is 32.9 Å². The minimum Gasteiger partial charge on any atom is -0.462 e. The SMILES string of the molecule is CCOC(=O)c1c(C)nc(SN2CCOCC2)nc1-c1ccc(Cl)cc1. The molecule has 3 rings (SSSR count). The Hall–Kier alpha value is -1.67. The van der Waals surface area contributed by atoms with E-state index in [0.29, 0.717) is 47.0 Å². The lowest BCUT2D eigenvalue weighted by molar-refractivity contribution is 0.0525. The van der Waals surface area contributed by atoms with Crippen LogP contribution in [0.3, 0.4) is 0 Å². The standard InChI is InChI=1S/C18H20ClN3O3S/c1-3-25-17(23)15-12(2)20-18(26-22-8-10-24-11-9-22)21-16(15)13-4-6-14(19)7-5-13/h4-7H,3,8-11H2,1-2H3. The van der Waals surface area contributed by atoms with E-state index in [1.54, 1.807) is 26.0 Å².